The van der Waals surface area contributed by atoms with E-state index in [4.69, 9.17) is 0 Å². The summed E-state index contributed by atoms with van der Waals surface area (Å²) >= 11 is 0. The molecule has 1 heterocycles. The molecule has 3 rings (SSSR count). The van der Waals surface area contributed by atoms with Crippen LogP contribution in [0.25, 0.3) is 0 Å². The van der Waals surface area contributed by atoms with Crippen molar-refractivity contribution in [2.45, 2.75) is 31.7 Å². The van der Waals surface area contributed by atoms with Crippen LogP contribution in [0.15, 0.2) is 60.7 Å². The maximum Gasteiger partial charge on any atom is 0.135 e. The zero-order chi connectivity index (χ0) is 14.5. The maximum atomic E-state index is 12.0. The van der Waals surface area contributed by atoms with Gasteiger partial charge in [0.05, 0.1) is 0 Å². The Morgan fingerprint density at radius 3 is 2.33 bits per heavy atom. The monoisotopic (exact) mass is 279 g/mol. The lowest BCUT2D eigenvalue weighted by atomic mass is 9.99. The highest BCUT2D eigenvalue weighted by Crippen LogP contribution is 2.25. The Bertz CT molecular complexity index is 579. The van der Waals surface area contributed by atoms with Crippen molar-refractivity contribution >= 4 is 11.5 Å². The highest BCUT2D eigenvalue weighted by molar-refractivity contribution is 5.80. The minimum Gasteiger partial charge on any atom is -0.368 e. The lowest BCUT2D eigenvalue weighted by molar-refractivity contribution is -0.119. The minimum atomic E-state index is 0.268. The Kier molecular flexibility index (Phi) is 4.34. The highest BCUT2D eigenvalue weighted by Gasteiger charge is 2.25. The molecule has 0 saturated carbocycles. The van der Waals surface area contributed by atoms with Gasteiger partial charge < -0.3 is 4.90 Å². The number of nitrogens with zero attached hydrogens (tertiary/aromatic N) is 1. The van der Waals surface area contributed by atoms with E-state index in [0.717, 1.165) is 19.4 Å². The van der Waals surface area contributed by atoms with E-state index in [0.29, 0.717) is 18.6 Å². The Morgan fingerprint density at radius 2 is 1.62 bits per heavy atom. The third kappa shape index (κ3) is 3.52. The van der Waals surface area contributed by atoms with Crippen molar-refractivity contribution in [2.75, 3.05) is 11.4 Å². The molecule has 1 atom stereocenters. The normalized spacial score (nSPS) is 19.3. The van der Waals surface area contributed by atoms with Crippen molar-refractivity contribution in [2.24, 2.45) is 0 Å². The van der Waals surface area contributed by atoms with Crippen LogP contribution in [0.4, 0.5) is 5.69 Å². The predicted molar refractivity (Wildman–Crippen MR) is 86.6 cm³/mol. The molecule has 1 fully saturated rings. The molecule has 21 heavy (non-hydrogen) atoms. The number of carbonyl (C=O) groups excluding carboxylic acids is 1. The zero-order valence-corrected chi connectivity index (χ0v) is 12.2. The lowest BCUT2D eigenvalue weighted by Gasteiger charge is -2.32. The van der Waals surface area contributed by atoms with Gasteiger partial charge in [-0.25, -0.2) is 0 Å². The van der Waals surface area contributed by atoms with Crippen LogP contribution in [0.5, 0.6) is 0 Å². The van der Waals surface area contributed by atoms with Gasteiger partial charge in [-0.3, -0.25) is 4.79 Å². The summed E-state index contributed by atoms with van der Waals surface area (Å²) in [5, 5.41) is 0. The summed E-state index contributed by atoms with van der Waals surface area (Å²) in [6.07, 6.45) is 3.26. The van der Waals surface area contributed by atoms with Crippen molar-refractivity contribution in [3.8, 4) is 0 Å². The van der Waals surface area contributed by atoms with Gasteiger partial charge in [-0.05, 0) is 30.5 Å². The Balaban J connectivity index is 1.85. The first kappa shape index (κ1) is 13.9. The first-order chi connectivity index (χ1) is 10.3. The summed E-state index contributed by atoms with van der Waals surface area (Å²) < 4.78 is 0. The fraction of sp³-hybridized carbons (Fsp3) is 0.316. The molecule has 1 aliphatic rings. The second-order valence-electron chi connectivity index (χ2n) is 5.72. The van der Waals surface area contributed by atoms with Crippen LogP contribution in [0.2, 0.25) is 0 Å². The number of hydrogen-bond donors (Lipinski definition) is 0. The number of hydrogen-bond acceptors (Lipinski definition) is 2. The largest absolute Gasteiger partial charge is 0.368 e. The molecule has 0 bridgehead atoms. The summed E-state index contributed by atoms with van der Waals surface area (Å²) in [6, 6.07) is 21.2. The quantitative estimate of drug-likeness (QED) is 0.850. The number of anilines is 1. The van der Waals surface area contributed by atoms with Crippen LogP contribution in [0, 0.1) is 0 Å². The average Bonchev–Trinajstić information content (AvgIpc) is 2.70. The van der Waals surface area contributed by atoms with Gasteiger partial charge in [0.15, 0.2) is 0 Å². The van der Waals surface area contributed by atoms with Crippen molar-refractivity contribution in [1.29, 1.82) is 0 Å². The minimum absolute atomic E-state index is 0.268. The SMILES string of the molecule is O=C1CCCN(c2ccccc2)C(Cc2ccccc2)C1. The van der Waals surface area contributed by atoms with Gasteiger partial charge in [0.25, 0.3) is 0 Å². The van der Waals surface area contributed by atoms with Crippen LogP contribution >= 0.6 is 0 Å². The Hall–Kier alpha value is -2.09. The molecule has 0 aromatic heterocycles. The van der Waals surface area contributed by atoms with Gasteiger partial charge in [0, 0.05) is 31.1 Å². The lowest BCUT2D eigenvalue weighted by Crippen LogP contribution is -2.37. The first-order valence-electron chi connectivity index (χ1n) is 7.70. The summed E-state index contributed by atoms with van der Waals surface area (Å²) in [6.45, 7) is 0.966. The van der Waals surface area contributed by atoms with E-state index in [1.54, 1.807) is 0 Å². The molecule has 0 N–H and O–H groups in total. The van der Waals surface area contributed by atoms with E-state index < -0.39 is 0 Å². The fourth-order valence-electron chi connectivity index (χ4n) is 3.13. The summed E-state index contributed by atoms with van der Waals surface area (Å²) in [7, 11) is 0. The topological polar surface area (TPSA) is 20.3 Å². The van der Waals surface area contributed by atoms with Gasteiger partial charge in [0.2, 0.25) is 0 Å². The van der Waals surface area contributed by atoms with Crippen LogP contribution in [0.3, 0.4) is 0 Å². The number of carbonyl (C=O) groups is 1. The number of ketones is 1. The number of rotatable bonds is 3. The van der Waals surface area contributed by atoms with E-state index >= 15 is 0 Å². The van der Waals surface area contributed by atoms with Crippen LogP contribution in [-0.2, 0) is 11.2 Å². The molecule has 2 heteroatoms. The van der Waals surface area contributed by atoms with Crippen molar-refractivity contribution < 1.29 is 4.79 Å². The van der Waals surface area contributed by atoms with Crippen molar-refractivity contribution in [3.63, 3.8) is 0 Å². The zero-order valence-electron chi connectivity index (χ0n) is 12.2. The number of para-hydroxylation sites is 1. The third-order valence-electron chi connectivity index (χ3n) is 4.16. The molecule has 108 valence electrons. The fourth-order valence-corrected chi connectivity index (χ4v) is 3.13. The molecule has 1 saturated heterocycles. The molecule has 2 aromatic carbocycles. The second-order valence-corrected chi connectivity index (χ2v) is 5.72. The van der Waals surface area contributed by atoms with E-state index in [2.05, 4.69) is 53.4 Å². The number of benzene rings is 2. The van der Waals surface area contributed by atoms with Crippen molar-refractivity contribution in [3.05, 3.63) is 66.2 Å². The predicted octanol–water partition coefficient (Wildman–Crippen LogP) is 3.86. The van der Waals surface area contributed by atoms with Crippen molar-refractivity contribution in [1.82, 2.24) is 0 Å². The van der Waals surface area contributed by atoms with E-state index in [1.165, 1.54) is 11.3 Å². The maximum absolute atomic E-state index is 12.0. The molecule has 1 unspecified atom stereocenters. The van der Waals surface area contributed by atoms with E-state index in [1.807, 2.05) is 12.1 Å². The molecular formula is C19H21NO. The Labute approximate surface area is 126 Å². The summed E-state index contributed by atoms with van der Waals surface area (Å²) in [4.78, 5) is 14.4. The van der Waals surface area contributed by atoms with Gasteiger partial charge in [-0.2, -0.15) is 0 Å². The third-order valence-corrected chi connectivity index (χ3v) is 4.16. The van der Waals surface area contributed by atoms with Gasteiger partial charge in [-0.1, -0.05) is 48.5 Å². The Morgan fingerprint density at radius 1 is 0.952 bits per heavy atom. The molecule has 0 amide bonds. The molecule has 0 spiro atoms. The molecule has 2 aromatic rings. The molecule has 2 nitrogen and oxygen atoms in total. The van der Waals surface area contributed by atoms with Crippen LogP contribution in [-0.4, -0.2) is 18.4 Å². The highest BCUT2D eigenvalue weighted by atomic mass is 16.1. The van der Waals surface area contributed by atoms with Crippen LogP contribution in [0.1, 0.15) is 24.8 Å². The summed E-state index contributed by atoms with van der Waals surface area (Å²) in [5.74, 6) is 0.398. The molecular weight excluding hydrogens is 258 g/mol. The van der Waals surface area contributed by atoms with E-state index in [9.17, 15) is 4.79 Å². The smallest absolute Gasteiger partial charge is 0.135 e. The number of Topliss-reactive ketones (excluding diaryl/α,β-unsaturated/α-hetero) is 1. The molecule has 0 radical (unpaired) electrons. The van der Waals surface area contributed by atoms with Crippen LogP contribution < -0.4 is 4.90 Å². The van der Waals surface area contributed by atoms with Gasteiger partial charge >= 0.3 is 0 Å². The second kappa shape index (κ2) is 6.57. The standard InChI is InChI=1S/C19H21NO/c21-19-12-7-13-20(17-10-5-2-6-11-17)18(15-19)14-16-8-3-1-4-9-16/h1-6,8-11,18H,7,12-15H2. The summed E-state index contributed by atoms with van der Waals surface area (Å²) in [5.41, 5.74) is 2.53. The first-order valence-corrected chi connectivity index (χ1v) is 7.70. The van der Waals surface area contributed by atoms with Gasteiger partial charge in [-0.15, -0.1) is 0 Å². The molecule has 1 aliphatic heterocycles. The molecule has 0 aliphatic carbocycles. The van der Waals surface area contributed by atoms with Gasteiger partial charge in [0.1, 0.15) is 5.78 Å². The van der Waals surface area contributed by atoms with E-state index in [-0.39, 0.29) is 6.04 Å². The average molecular weight is 279 g/mol.